The second-order valence-corrected chi connectivity index (χ2v) is 7.95. The molecular weight excluding hydrogens is 356 g/mol. The molecule has 2 aliphatic heterocycles. The fourth-order valence-corrected chi connectivity index (χ4v) is 4.29. The first-order chi connectivity index (χ1) is 13.5. The summed E-state index contributed by atoms with van der Waals surface area (Å²) < 4.78 is 6.01. The Morgan fingerprint density at radius 2 is 2.11 bits per heavy atom. The maximum atomic E-state index is 13.4. The van der Waals surface area contributed by atoms with Crippen molar-refractivity contribution in [2.24, 2.45) is 0 Å². The number of likely N-dealkylation sites (tertiary alicyclic amines) is 1. The molecule has 7 nitrogen and oxygen atoms in total. The van der Waals surface area contributed by atoms with Crippen molar-refractivity contribution < 1.29 is 14.0 Å². The topological polar surface area (TPSA) is 69.0 Å². The Balaban J connectivity index is 1.59. The Bertz CT molecular complexity index is 876. The molecule has 7 heteroatoms. The highest BCUT2D eigenvalue weighted by atomic mass is 16.3. The lowest BCUT2D eigenvalue weighted by Gasteiger charge is -2.41. The zero-order valence-corrected chi connectivity index (χ0v) is 16.6. The van der Waals surface area contributed by atoms with E-state index in [9.17, 15) is 9.59 Å². The van der Waals surface area contributed by atoms with E-state index in [0.717, 1.165) is 35.9 Å². The summed E-state index contributed by atoms with van der Waals surface area (Å²) >= 11 is 0. The number of hydrogen-bond donors (Lipinski definition) is 1. The highest BCUT2D eigenvalue weighted by Gasteiger charge is 2.34. The summed E-state index contributed by atoms with van der Waals surface area (Å²) in [6.07, 6.45) is 1.84. The monoisotopic (exact) mass is 384 g/mol. The van der Waals surface area contributed by atoms with Gasteiger partial charge in [-0.25, -0.2) is 0 Å². The number of carbonyl (C=O) groups is 2. The molecule has 1 aromatic heterocycles. The third-order valence-electron chi connectivity index (χ3n) is 5.62. The van der Waals surface area contributed by atoms with E-state index in [2.05, 4.69) is 5.32 Å². The van der Waals surface area contributed by atoms with E-state index in [4.69, 9.17) is 4.42 Å². The average molecular weight is 384 g/mol. The molecule has 3 heterocycles. The van der Waals surface area contributed by atoms with Gasteiger partial charge in [0.2, 0.25) is 5.91 Å². The van der Waals surface area contributed by atoms with Crippen LogP contribution in [0.2, 0.25) is 0 Å². The number of piperazine rings is 1. The first-order valence-electron chi connectivity index (χ1n) is 9.99. The number of nitrogens with zero attached hydrogens (tertiary/aromatic N) is 3. The first-order valence-corrected chi connectivity index (χ1v) is 9.99. The molecule has 0 aliphatic carbocycles. The molecule has 0 radical (unpaired) electrons. The maximum Gasteiger partial charge on any atom is 0.290 e. The van der Waals surface area contributed by atoms with Gasteiger partial charge in [0.05, 0.1) is 6.54 Å². The van der Waals surface area contributed by atoms with Crippen LogP contribution in [0.25, 0.3) is 11.0 Å². The van der Waals surface area contributed by atoms with Crippen LogP contribution in [0.3, 0.4) is 0 Å². The fourth-order valence-electron chi connectivity index (χ4n) is 4.29. The van der Waals surface area contributed by atoms with Gasteiger partial charge < -0.3 is 24.4 Å². The average Bonchev–Trinajstić information content (AvgIpc) is 3.06. The molecule has 0 spiro atoms. The Morgan fingerprint density at radius 1 is 1.29 bits per heavy atom. The number of benzene rings is 1. The number of amides is 2. The molecule has 28 heavy (non-hydrogen) atoms. The van der Waals surface area contributed by atoms with Crippen molar-refractivity contribution in [2.45, 2.75) is 25.4 Å². The highest BCUT2D eigenvalue weighted by molar-refractivity contribution is 5.99. The molecule has 2 aliphatic rings. The van der Waals surface area contributed by atoms with Crippen LogP contribution in [-0.4, -0.2) is 79.4 Å². The van der Waals surface area contributed by atoms with Crippen LogP contribution in [0.15, 0.2) is 28.7 Å². The minimum atomic E-state index is -0.0691. The molecule has 1 unspecified atom stereocenters. The second-order valence-electron chi connectivity index (χ2n) is 7.95. The second kappa shape index (κ2) is 7.93. The molecule has 1 atom stereocenters. The minimum absolute atomic E-state index is 0.0691. The lowest BCUT2D eigenvalue weighted by atomic mass is 10.0. The zero-order valence-electron chi connectivity index (χ0n) is 16.6. The SMILES string of the molecule is CN(C)Cc1c(C(=O)N2CCCC(N3CCNCC3=O)C2)oc2ccccc12. The van der Waals surface area contributed by atoms with Crippen LogP contribution in [0.4, 0.5) is 0 Å². The number of para-hydroxylation sites is 1. The zero-order chi connectivity index (χ0) is 19.7. The molecule has 0 bridgehead atoms. The van der Waals surface area contributed by atoms with Gasteiger partial charge in [0.25, 0.3) is 5.91 Å². The molecule has 150 valence electrons. The van der Waals surface area contributed by atoms with Gasteiger partial charge in [0.1, 0.15) is 5.58 Å². The molecule has 4 rings (SSSR count). The van der Waals surface area contributed by atoms with Gasteiger partial charge in [0.15, 0.2) is 5.76 Å². The van der Waals surface area contributed by atoms with E-state index in [1.807, 2.05) is 53.1 Å². The van der Waals surface area contributed by atoms with E-state index in [-0.39, 0.29) is 17.9 Å². The van der Waals surface area contributed by atoms with E-state index in [1.54, 1.807) is 0 Å². The largest absolute Gasteiger partial charge is 0.451 e. The van der Waals surface area contributed by atoms with Crippen molar-refractivity contribution in [3.8, 4) is 0 Å². The summed E-state index contributed by atoms with van der Waals surface area (Å²) in [7, 11) is 3.98. The fraction of sp³-hybridized carbons (Fsp3) is 0.524. The van der Waals surface area contributed by atoms with Gasteiger partial charge in [-0.2, -0.15) is 0 Å². The smallest absolute Gasteiger partial charge is 0.290 e. The lowest BCUT2D eigenvalue weighted by Crippen LogP contribution is -2.57. The molecule has 2 aromatic rings. The molecular formula is C21H28N4O3. The number of nitrogens with one attached hydrogen (secondary N) is 1. The van der Waals surface area contributed by atoms with Crippen LogP contribution >= 0.6 is 0 Å². The van der Waals surface area contributed by atoms with E-state index in [1.165, 1.54) is 0 Å². The summed E-state index contributed by atoms with van der Waals surface area (Å²) in [4.78, 5) is 31.5. The number of fused-ring (bicyclic) bond motifs is 1. The van der Waals surface area contributed by atoms with Crippen molar-refractivity contribution in [3.05, 3.63) is 35.6 Å². The molecule has 1 N–H and O–H groups in total. The van der Waals surface area contributed by atoms with Gasteiger partial charge in [-0.05, 0) is 33.0 Å². The Kier molecular flexibility index (Phi) is 5.37. The highest BCUT2D eigenvalue weighted by Crippen LogP contribution is 2.29. The third-order valence-corrected chi connectivity index (χ3v) is 5.62. The summed E-state index contributed by atoms with van der Waals surface area (Å²) in [5.41, 5.74) is 1.68. The normalized spacial score (nSPS) is 21.0. The van der Waals surface area contributed by atoms with Gasteiger partial charge in [0, 0.05) is 49.7 Å². The summed E-state index contributed by atoms with van der Waals surface area (Å²) in [6.45, 7) is 3.83. The van der Waals surface area contributed by atoms with Gasteiger partial charge in [-0.3, -0.25) is 9.59 Å². The Hall–Kier alpha value is -2.38. The quantitative estimate of drug-likeness (QED) is 0.866. The molecule has 2 fully saturated rings. The Labute approximate surface area is 165 Å². The number of rotatable bonds is 4. The van der Waals surface area contributed by atoms with E-state index < -0.39 is 0 Å². The van der Waals surface area contributed by atoms with Crippen molar-refractivity contribution in [1.82, 2.24) is 20.0 Å². The third kappa shape index (κ3) is 3.64. The van der Waals surface area contributed by atoms with Crippen LogP contribution in [0.1, 0.15) is 29.0 Å². The standard InChI is InChI=1S/C21H28N4O3/c1-23(2)14-17-16-7-3-4-8-18(16)28-20(17)21(27)24-10-5-6-15(13-24)25-11-9-22-12-19(25)26/h3-4,7-8,15,22H,5-6,9-14H2,1-2H3. The number of furan rings is 1. The van der Waals surface area contributed by atoms with Crippen LogP contribution < -0.4 is 5.32 Å². The van der Waals surface area contributed by atoms with Gasteiger partial charge in [-0.15, -0.1) is 0 Å². The van der Waals surface area contributed by atoms with Crippen LogP contribution in [0, 0.1) is 0 Å². The molecule has 0 saturated carbocycles. The van der Waals surface area contributed by atoms with Crippen molar-refractivity contribution in [1.29, 1.82) is 0 Å². The first kappa shape index (κ1) is 19.0. The van der Waals surface area contributed by atoms with Crippen molar-refractivity contribution in [3.63, 3.8) is 0 Å². The maximum absolute atomic E-state index is 13.4. The summed E-state index contributed by atoms with van der Waals surface area (Å²) in [5.74, 6) is 0.491. The number of piperidine rings is 1. The predicted molar refractivity (Wildman–Crippen MR) is 107 cm³/mol. The minimum Gasteiger partial charge on any atom is -0.451 e. The lowest BCUT2D eigenvalue weighted by molar-refractivity contribution is -0.135. The number of carbonyl (C=O) groups excluding carboxylic acids is 2. The van der Waals surface area contributed by atoms with E-state index >= 15 is 0 Å². The van der Waals surface area contributed by atoms with Crippen molar-refractivity contribution in [2.75, 3.05) is 46.8 Å². The number of hydrogen-bond acceptors (Lipinski definition) is 5. The van der Waals surface area contributed by atoms with Gasteiger partial charge >= 0.3 is 0 Å². The summed E-state index contributed by atoms with van der Waals surface area (Å²) in [6, 6.07) is 7.90. The predicted octanol–water partition coefficient (Wildman–Crippen LogP) is 1.53. The van der Waals surface area contributed by atoms with Gasteiger partial charge in [-0.1, -0.05) is 18.2 Å². The molecule has 2 amide bonds. The van der Waals surface area contributed by atoms with Crippen molar-refractivity contribution >= 4 is 22.8 Å². The van der Waals surface area contributed by atoms with E-state index in [0.29, 0.717) is 38.5 Å². The van der Waals surface area contributed by atoms with Crippen LogP contribution in [0.5, 0.6) is 0 Å². The Morgan fingerprint density at radius 3 is 2.89 bits per heavy atom. The molecule has 2 saturated heterocycles. The summed E-state index contributed by atoms with van der Waals surface area (Å²) in [5, 5.41) is 4.10. The molecule has 1 aromatic carbocycles. The van der Waals surface area contributed by atoms with Crippen LogP contribution in [-0.2, 0) is 11.3 Å².